The molecular weight excluding hydrogens is 476 g/mol. The number of benzene rings is 3. The van der Waals surface area contributed by atoms with Gasteiger partial charge in [-0.05, 0) is 47.5 Å². The fourth-order valence-corrected chi connectivity index (χ4v) is 4.62. The van der Waals surface area contributed by atoms with Gasteiger partial charge in [0.05, 0.1) is 17.7 Å². The van der Waals surface area contributed by atoms with Crippen LogP contribution in [0.3, 0.4) is 0 Å². The SMILES string of the molecule is CC(=O)Nc1ccc(S(=O)(=O)N(CC(=O)NN=Cc2cccc(Cl)c2)Cc2ccccc2)cc1. The summed E-state index contributed by atoms with van der Waals surface area (Å²) in [7, 11) is -4.03. The zero-order valence-electron chi connectivity index (χ0n) is 18.3. The molecule has 0 heterocycles. The van der Waals surface area contributed by atoms with Crippen molar-refractivity contribution in [3.8, 4) is 0 Å². The quantitative estimate of drug-likeness (QED) is 0.347. The Morgan fingerprint density at radius 3 is 2.35 bits per heavy atom. The van der Waals surface area contributed by atoms with E-state index in [1.807, 2.05) is 6.07 Å². The maximum Gasteiger partial charge on any atom is 0.255 e. The third kappa shape index (κ3) is 7.24. The molecule has 0 aliphatic rings. The second kappa shape index (κ2) is 11.6. The van der Waals surface area contributed by atoms with Gasteiger partial charge in [0, 0.05) is 24.2 Å². The molecule has 2 amide bonds. The number of anilines is 1. The lowest BCUT2D eigenvalue weighted by molar-refractivity contribution is -0.121. The van der Waals surface area contributed by atoms with Gasteiger partial charge in [0.25, 0.3) is 5.91 Å². The number of carbonyl (C=O) groups excluding carboxylic acids is 2. The molecule has 3 rings (SSSR count). The van der Waals surface area contributed by atoms with E-state index in [1.54, 1.807) is 48.5 Å². The summed E-state index contributed by atoms with van der Waals surface area (Å²) < 4.78 is 27.8. The van der Waals surface area contributed by atoms with Crippen LogP contribution in [0.4, 0.5) is 5.69 Å². The number of sulfonamides is 1. The summed E-state index contributed by atoms with van der Waals surface area (Å²) in [5.74, 6) is -0.871. The van der Waals surface area contributed by atoms with Crippen LogP contribution in [0.25, 0.3) is 0 Å². The zero-order valence-corrected chi connectivity index (χ0v) is 19.9. The third-order valence-electron chi connectivity index (χ3n) is 4.59. The molecule has 0 aromatic heterocycles. The summed E-state index contributed by atoms with van der Waals surface area (Å²) in [6.45, 7) is 0.902. The van der Waals surface area contributed by atoms with E-state index in [2.05, 4.69) is 15.8 Å². The summed E-state index contributed by atoms with van der Waals surface area (Å²) in [5.41, 5.74) is 4.22. The Balaban J connectivity index is 1.78. The van der Waals surface area contributed by atoms with Gasteiger partial charge in [0.2, 0.25) is 15.9 Å². The van der Waals surface area contributed by atoms with Crippen LogP contribution < -0.4 is 10.7 Å². The number of halogens is 1. The van der Waals surface area contributed by atoms with E-state index >= 15 is 0 Å². The maximum absolute atomic E-state index is 13.3. The van der Waals surface area contributed by atoms with E-state index in [9.17, 15) is 18.0 Å². The fraction of sp³-hybridized carbons (Fsp3) is 0.125. The first-order chi connectivity index (χ1) is 16.2. The van der Waals surface area contributed by atoms with Crippen molar-refractivity contribution >= 4 is 45.3 Å². The van der Waals surface area contributed by atoms with Crippen molar-refractivity contribution in [3.05, 3.63) is 95.0 Å². The van der Waals surface area contributed by atoms with Crippen molar-refractivity contribution in [1.29, 1.82) is 0 Å². The largest absolute Gasteiger partial charge is 0.326 e. The Morgan fingerprint density at radius 1 is 1.00 bits per heavy atom. The lowest BCUT2D eigenvalue weighted by atomic mass is 10.2. The van der Waals surface area contributed by atoms with Gasteiger partial charge in [-0.25, -0.2) is 13.8 Å². The number of carbonyl (C=O) groups is 2. The van der Waals surface area contributed by atoms with Gasteiger partial charge in [-0.1, -0.05) is 54.1 Å². The van der Waals surface area contributed by atoms with Gasteiger partial charge >= 0.3 is 0 Å². The normalized spacial score (nSPS) is 11.5. The number of nitrogens with zero attached hydrogens (tertiary/aromatic N) is 2. The number of rotatable bonds is 9. The predicted molar refractivity (Wildman–Crippen MR) is 132 cm³/mol. The van der Waals surface area contributed by atoms with Crippen molar-refractivity contribution in [2.45, 2.75) is 18.4 Å². The van der Waals surface area contributed by atoms with Gasteiger partial charge in [0.15, 0.2) is 0 Å². The molecule has 0 aliphatic heterocycles. The summed E-state index contributed by atoms with van der Waals surface area (Å²) in [6.07, 6.45) is 1.42. The highest BCUT2D eigenvalue weighted by Gasteiger charge is 2.27. The fourth-order valence-electron chi connectivity index (χ4n) is 3.04. The predicted octanol–water partition coefficient (Wildman–Crippen LogP) is 3.64. The highest BCUT2D eigenvalue weighted by molar-refractivity contribution is 7.89. The van der Waals surface area contributed by atoms with E-state index in [-0.39, 0.29) is 17.3 Å². The van der Waals surface area contributed by atoms with Gasteiger partial charge in [0.1, 0.15) is 0 Å². The first kappa shape index (κ1) is 25.1. The van der Waals surface area contributed by atoms with Gasteiger partial charge in [-0.3, -0.25) is 9.59 Å². The second-order valence-electron chi connectivity index (χ2n) is 7.31. The molecule has 0 aliphatic carbocycles. The highest BCUT2D eigenvalue weighted by Crippen LogP contribution is 2.20. The maximum atomic E-state index is 13.3. The van der Waals surface area contributed by atoms with E-state index < -0.39 is 22.5 Å². The van der Waals surface area contributed by atoms with Gasteiger partial charge < -0.3 is 5.32 Å². The topological polar surface area (TPSA) is 108 Å². The van der Waals surface area contributed by atoms with Crippen molar-refractivity contribution in [2.24, 2.45) is 5.10 Å². The van der Waals surface area contributed by atoms with Crippen molar-refractivity contribution in [1.82, 2.24) is 9.73 Å². The standard InChI is InChI=1S/C24H23ClN4O4S/c1-18(30)27-22-10-12-23(13-11-22)34(32,33)29(16-19-6-3-2-4-7-19)17-24(31)28-26-15-20-8-5-9-21(25)14-20/h2-15H,16-17H2,1H3,(H,27,30)(H,28,31). The average Bonchev–Trinajstić information content (AvgIpc) is 2.79. The molecule has 0 atom stereocenters. The van der Waals surface area contributed by atoms with Crippen LogP contribution in [0.5, 0.6) is 0 Å². The Kier molecular flexibility index (Phi) is 8.53. The summed E-state index contributed by atoms with van der Waals surface area (Å²) >= 11 is 5.93. The number of hydrazone groups is 1. The molecule has 0 unspecified atom stereocenters. The van der Waals surface area contributed by atoms with E-state index in [0.29, 0.717) is 16.3 Å². The van der Waals surface area contributed by atoms with Crippen molar-refractivity contribution in [3.63, 3.8) is 0 Å². The molecule has 0 bridgehead atoms. The van der Waals surface area contributed by atoms with Crippen LogP contribution in [0.1, 0.15) is 18.1 Å². The van der Waals surface area contributed by atoms with Crippen LogP contribution in [0, 0.1) is 0 Å². The molecule has 3 aromatic carbocycles. The van der Waals surface area contributed by atoms with E-state index in [0.717, 1.165) is 9.87 Å². The zero-order chi connectivity index (χ0) is 24.6. The number of hydrogen-bond donors (Lipinski definition) is 2. The Hall–Kier alpha value is -3.53. The molecule has 0 spiro atoms. The molecule has 0 saturated heterocycles. The van der Waals surface area contributed by atoms with Crippen LogP contribution in [-0.4, -0.2) is 37.3 Å². The molecule has 3 aromatic rings. The minimum absolute atomic E-state index is 0.00670. The minimum Gasteiger partial charge on any atom is -0.326 e. The molecule has 176 valence electrons. The number of hydrogen-bond acceptors (Lipinski definition) is 5. The monoisotopic (exact) mass is 498 g/mol. The second-order valence-corrected chi connectivity index (χ2v) is 9.69. The molecular formula is C24H23ClN4O4S. The van der Waals surface area contributed by atoms with E-state index in [1.165, 1.54) is 37.4 Å². The molecule has 0 saturated carbocycles. The highest BCUT2D eigenvalue weighted by atomic mass is 35.5. The molecule has 0 radical (unpaired) electrons. The third-order valence-corrected chi connectivity index (χ3v) is 6.63. The lowest BCUT2D eigenvalue weighted by Gasteiger charge is -2.21. The number of nitrogens with one attached hydrogen (secondary N) is 2. The van der Waals surface area contributed by atoms with Crippen LogP contribution in [0.15, 0.2) is 88.9 Å². The Bertz CT molecular complexity index is 1280. The average molecular weight is 499 g/mol. The lowest BCUT2D eigenvalue weighted by Crippen LogP contribution is -2.39. The first-order valence-corrected chi connectivity index (χ1v) is 12.0. The van der Waals surface area contributed by atoms with Gasteiger partial charge in [-0.15, -0.1) is 0 Å². The van der Waals surface area contributed by atoms with Crippen LogP contribution in [-0.2, 0) is 26.2 Å². The smallest absolute Gasteiger partial charge is 0.255 e. The minimum atomic E-state index is -4.03. The van der Waals surface area contributed by atoms with Crippen LogP contribution >= 0.6 is 11.6 Å². The van der Waals surface area contributed by atoms with E-state index in [4.69, 9.17) is 11.6 Å². The Morgan fingerprint density at radius 2 is 1.71 bits per heavy atom. The summed E-state index contributed by atoms with van der Waals surface area (Å²) in [4.78, 5) is 23.8. The molecule has 2 N–H and O–H groups in total. The number of amides is 2. The first-order valence-electron chi connectivity index (χ1n) is 10.2. The van der Waals surface area contributed by atoms with Gasteiger partial charge in [-0.2, -0.15) is 9.41 Å². The molecule has 8 nitrogen and oxygen atoms in total. The van der Waals surface area contributed by atoms with Crippen LogP contribution in [0.2, 0.25) is 5.02 Å². The summed E-state index contributed by atoms with van der Waals surface area (Å²) in [6, 6.07) is 21.6. The summed E-state index contributed by atoms with van der Waals surface area (Å²) in [5, 5.41) is 7.01. The molecule has 34 heavy (non-hydrogen) atoms. The molecule has 10 heteroatoms. The van der Waals surface area contributed by atoms with Crippen molar-refractivity contribution < 1.29 is 18.0 Å². The van der Waals surface area contributed by atoms with Crippen molar-refractivity contribution in [2.75, 3.05) is 11.9 Å². The molecule has 0 fully saturated rings. The Labute approximate surface area is 203 Å².